The van der Waals surface area contributed by atoms with Gasteiger partial charge >= 0.3 is 12.1 Å². The van der Waals surface area contributed by atoms with Crippen molar-refractivity contribution in [1.82, 2.24) is 4.90 Å². The Morgan fingerprint density at radius 1 is 1.30 bits per heavy atom. The molecule has 1 aromatic rings. The number of hydrogen-bond acceptors (Lipinski definition) is 6. The van der Waals surface area contributed by atoms with E-state index in [1.165, 1.54) is 12.1 Å². The largest absolute Gasteiger partial charge is 0.508 e. The highest BCUT2D eigenvalue weighted by atomic mass is 16.6. The van der Waals surface area contributed by atoms with Crippen LogP contribution >= 0.6 is 0 Å². The first kappa shape index (κ1) is 18.9. The molecule has 1 saturated heterocycles. The van der Waals surface area contributed by atoms with Crippen molar-refractivity contribution in [2.75, 3.05) is 13.2 Å². The maximum Gasteiger partial charge on any atom is 0.417 e. The first-order chi connectivity index (χ1) is 13.0. The molecule has 7 heteroatoms. The molecule has 1 N–H and O–H groups in total. The number of benzene rings is 1. The fraction of sp³-hybridized carbons (Fsp3) is 0.450. The molecule has 2 amide bonds. The van der Waals surface area contributed by atoms with Gasteiger partial charge in [0.2, 0.25) is 0 Å². The van der Waals surface area contributed by atoms with Crippen molar-refractivity contribution < 1.29 is 29.0 Å². The minimum Gasteiger partial charge on any atom is -0.508 e. The number of ether oxygens (including phenoxy) is 2. The number of carbonyl (C=O) groups is 3. The van der Waals surface area contributed by atoms with Gasteiger partial charge in [0, 0.05) is 0 Å². The fourth-order valence-corrected chi connectivity index (χ4v) is 3.36. The summed E-state index contributed by atoms with van der Waals surface area (Å²) in [5.41, 5.74) is -0.164. The van der Waals surface area contributed by atoms with Crippen LogP contribution in [0.15, 0.2) is 35.9 Å². The molecule has 0 unspecified atom stereocenters. The van der Waals surface area contributed by atoms with Crippen LogP contribution in [0.3, 0.4) is 0 Å². The van der Waals surface area contributed by atoms with Crippen molar-refractivity contribution >= 4 is 18.0 Å². The maximum atomic E-state index is 13.3. The quantitative estimate of drug-likeness (QED) is 0.448. The summed E-state index contributed by atoms with van der Waals surface area (Å²) in [4.78, 5) is 39.2. The smallest absolute Gasteiger partial charge is 0.417 e. The molecule has 0 spiro atoms. The van der Waals surface area contributed by atoms with Crippen LogP contribution in [0, 0.1) is 5.41 Å². The summed E-state index contributed by atoms with van der Waals surface area (Å²) in [5.74, 6) is -1.20. The number of imide groups is 1. The van der Waals surface area contributed by atoms with E-state index in [4.69, 9.17) is 9.47 Å². The van der Waals surface area contributed by atoms with Crippen LogP contribution in [-0.4, -0.2) is 41.2 Å². The Morgan fingerprint density at radius 3 is 2.63 bits per heavy atom. The van der Waals surface area contributed by atoms with Gasteiger partial charge in [0.05, 0.1) is 6.61 Å². The van der Waals surface area contributed by atoms with E-state index in [9.17, 15) is 19.5 Å². The first-order valence-electron chi connectivity index (χ1n) is 9.14. The van der Waals surface area contributed by atoms with Gasteiger partial charge in [-0.25, -0.2) is 9.69 Å². The number of hydrogen-bond donors (Lipinski definition) is 1. The lowest BCUT2D eigenvalue weighted by atomic mass is 9.94. The lowest BCUT2D eigenvalue weighted by Gasteiger charge is -2.25. The van der Waals surface area contributed by atoms with Gasteiger partial charge in [-0.15, -0.1) is 0 Å². The van der Waals surface area contributed by atoms with Crippen LogP contribution in [0.25, 0.3) is 0 Å². The minimum absolute atomic E-state index is 0.00144. The van der Waals surface area contributed by atoms with E-state index in [2.05, 4.69) is 0 Å². The lowest BCUT2D eigenvalue weighted by molar-refractivity contribution is -0.155. The van der Waals surface area contributed by atoms with Gasteiger partial charge in [-0.2, -0.15) is 0 Å². The molecule has 1 heterocycles. The van der Waals surface area contributed by atoms with E-state index >= 15 is 0 Å². The number of phenolic OH excluding ortho intramolecular Hbond substituents is 1. The predicted octanol–water partition coefficient (Wildman–Crippen LogP) is 3.09. The molecule has 3 rings (SSSR count). The summed E-state index contributed by atoms with van der Waals surface area (Å²) >= 11 is 0. The van der Waals surface area contributed by atoms with Crippen LogP contribution in [0.1, 0.15) is 44.7 Å². The van der Waals surface area contributed by atoms with Crippen LogP contribution < -0.4 is 0 Å². The summed E-state index contributed by atoms with van der Waals surface area (Å²) in [6.45, 7) is 3.84. The van der Waals surface area contributed by atoms with Gasteiger partial charge in [0.25, 0.3) is 5.91 Å². The van der Waals surface area contributed by atoms with Crippen molar-refractivity contribution in [2.24, 2.45) is 5.41 Å². The summed E-state index contributed by atoms with van der Waals surface area (Å²) in [5, 5.41) is 9.47. The number of unbranched alkanes of at least 4 members (excludes halogenated alkanes) is 1. The molecular weight excluding hydrogens is 350 g/mol. The average Bonchev–Trinajstić information content (AvgIpc) is 3.28. The minimum atomic E-state index is -1.50. The van der Waals surface area contributed by atoms with Crippen molar-refractivity contribution in [3.63, 3.8) is 0 Å². The second-order valence-corrected chi connectivity index (χ2v) is 6.66. The molecule has 2 aliphatic rings. The second kappa shape index (κ2) is 7.42. The van der Waals surface area contributed by atoms with E-state index in [1.807, 2.05) is 6.92 Å². The Labute approximate surface area is 157 Å². The molecule has 1 aliphatic carbocycles. The van der Waals surface area contributed by atoms with Crippen molar-refractivity contribution in [3.05, 3.63) is 41.5 Å². The third-order valence-corrected chi connectivity index (χ3v) is 4.92. The normalized spacial score (nSPS) is 23.6. The number of esters is 1. The third kappa shape index (κ3) is 3.29. The van der Waals surface area contributed by atoms with Crippen LogP contribution in [-0.2, 0) is 19.1 Å². The Morgan fingerprint density at radius 2 is 2.00 bits per heavy atom. The number of cyclic esters (lactones) is 1. The Balaban J connectivity index is 1.89. The summed E-state index contributed by atoms with van der Waals surface area (Å²) in [6, 6.07) is 5.54. The number of rotatable bonds is 7. The van der Waals surface area contributed by atoms with Crippen molar-refractivity contribution in [3.8, 4) is 5.75 Å². The van der Waals surface area contributed by atoms with Crippen molar-refractivity contribution in [1.29, 1.82) is 0 Å². The summed E-state index contributed by atoms with van der Waals surface area (Å²) in [7, 11) is 0. The molecule has 0 aromatic heterocycles. The van der Waals surface area contributed by atoms with Gasteiger partial charge in [-0.1, -0.05) is 31.6 Å². The molecule has 27 heavy (non-hydrogen) atoms. The van der Waals surface area contributed by atoms with Gasteiger partial charge in [-0.3, -0.25) is 9.59 Å². The third-order valence-electron chi connectivity index (χ3n) is 4.92. The van der Waals surface area contributed by atoms with Gasteiger partial charge in [0.15, 0.2) is 5.41 Å². The zero-order valence-corrected chi connectivity index (χ0v) is 15.4. The standard InChI is InChI=1S/C20H23NO6/c1-3-5-6-14-11-20(14,18(24)26-4-2)17(23)21-16(12-27-19(21)25)13-7-9-15(22)10-8-13/h7-11,16,22H,3-6,12H2,1-2H3/t16-,20+/m0/s1. The number of phenols is 1. The lowest BCUT2D eigenvalue weighted by Crippen LogP contribution is -2.45. The molecule has 1 aliphatic heterocycles. The molecule has 0 radical (unpaired) electrons. The van der Waals surface area contributed by atoms with Crippen LogP contribution in [0.5, 0.6) is 5.75 Å². The highest BCUT2D eigenvalue weighted by Crippen LogP contribution is 2.51. The van der Waals surface area contributed by atoms with Crippen LogP contribution in [0.4, 0.5) is 4.79 Å². The first-order valence-corrected chi connectivity index (χ1v) is 9.14. The molecular formula is C20H23NO6. The highest BCUT2D eigenvalue weighted by Gasteiger charge is 2.62. The average molecular weight is 373 g/mol. The SMILES string of the molecule is CCCCC1=C[C@]1(C(=O)OCC)C(=O)N1C(=O)OC[C@H]1c1ccc(O)cc1. The number of carbonyl (C=O) groups excluding carboxylic acids is 3. The zero-order valence-electron chi connectivity index (χ0n) is 15.4. The molecule has 7 nitrogen and oxygen atoms in total. The Bertz CT molecular complexity index is 784. The van der Waals surface area contributed by atoms with E-state index in [0.29, 0.717) is 17.6 Å². The summed E-state index contributed by atoms with van der Waals surface area (Å²) in [6.07, 6.45) is 3.19. The molecule has 0 bridgehead atoms. The van der Waals surface area contributed by atoms with Gasteiger partial charge in [0.1, 0.15) is 18.4 Å². The highest BCUT2D eigenvalue weighted by molar-refractivity contribution is 6.16. The number of aromatic hydroxyl groups is 1. The van der Waals surface area contributed by atoms with Crippen molar-refractivity contribution in [2.45, 2.75) is 39.2 Å². The number of nitrogens with zero attached hydrogens (tertiary/aromatic N) is 1. The summed E-state index contributed by atoms with van der Waals surface area (Å²) < 4.78 is 10.2. The van der Waals surface area contributed by atoms with Gasteiger partial charge in [-0.05, 0) is 43.0 Å². The second-order valence-electron chi connectivity index (χ2n) is 6.66. The molecule has 0 saturated carbocycles. The van der Waals surface area contributed by atoms with E-state index < -0.39 is 29.4 Å². The molecule has 1 fully saturated rings. The van der Waals surface area contributed by atoms with Crippen LogP contribution in [0.2, 0.25) is 0 Å². The molecule has 1 aromatic carbocycles. The Kier molecular flexibility index (Phi) is 5.21. The Hall–Kier alpha value is -2.83. The monoisotopic (exact) mass is 373 g/mol. The van der Waals surface area contributed by atoms with E-state index in [-0.39, 0.29) is 19.0 Å². The van der Waals surface area contributed by atoms with E-state index in [0.717, 1.165) is 17.7 Å². The van der Waals surface area contributed by atoms with Gasteiger partial charge < -0.3 is 14.6 Å². The topological polar surface area (TPSA) is 93.1 Å². The number of amides is 2. The fourth-order valence-electron chi connectivity index (χ4n) is 3.36. The maximum absolute atomic E-state index is 13.3. The zero-order chi connectivity index (χ0) is 19.6. The predicted molar refractivity (Wildman–Crippen MR) is 95.7 cm³/mol. The molecule has 144 valence electrons. The molecule has 2 atom stereocenters. The van der Waals surface area contributed by atoms with E-state index in [1.54, 1.807) is 25.1 Å².